The molecule has 146 valence electrons. The van der Waals surface area contributed by atoms with Gasteiger partial charge in [-0.3, -0.25) is 14.2 Å². The number of carbonyl (C=O) groups excluding carboxylic acids is 1. The molecule has 1 aromatic heterocycles. The van der Waals surface area contributed by atoms with Crippen LogP contribution in [0, 0.1) is 0 Å². The Labute approximate surface area is 160 Å². The monoisotopic (exact) mass is 370 g/mol. The highest BCUT2D eigenvalue weighted by Gasteiger charge is 2.29. The van der Waals surface area contributed by atoms with Crippen molar-refractivity contribution in [1.82, 2.24) is 14.5 Å². The molecule has 1 saturated heterocycles. The summed E-state index contributed by atoms with van der Waals surface area (Å²) >= 11 is 0. The van der Waals surface area contributed by atoms with Crippen LogP contribution in [-0.4, -0.2) is 45.5 Å². The molecular formula is C21H30N4O2. The number of rotatable bonds is 5. The third-order valence-electron chi connectivity index (χ3n) is 5.67. The second kappa shape index (κ2) is 8.11. The molecule has 1 amide bonds. The van der Waals surface area contributed by atoms with Gasteiger partial charge in [0, 0.05) is 25.2 Å². The molecule has 0 N–H and O–H groups in total. The van der Waals surface area contributed by atoms with Crippen LogP contribution in [0.5, 0.6) is 0 Å². The lowest BCUT2D eigenvalue weighted by molar-refractivity contribution is -0.137. The highest BCUT2D eigenvalue weighted by Crippen LogP contribution is 2.23. The Hall–Kier alpha value is -2.37. The molecule has 0 spiro atoms. The molecule has 0 unspecified atom stereocenters. The van der Waals surface area contributed by atoms with E-state index in [1.54, 1.807) is 4.57 Å². The fourth-order valence-corrected chi connectivity index (χ4v) is 4.19. The molecular weight excluding hydrogens is 340 g/mol. The molecule has 1 aliphatic heterocycles. The van der Waals surface area contributed by atoms with Crippen LogP contribution in [0.25, 0.3) is 11.0 Å². The Bertz CT molecular complexity index is 862. The average Bonchev–Trinajstić information content (AvgIpc) is 2.65. The summed E-state index contributed by atoms with van der Waals surface area (Å²) in [5.41, 5.74) is 1.26. The molecule has 0 aliphatic carbocycles. The fraction of sp³-hybridized carbons (Fsp3) is 0.571. The van der Waals surface area contributed by atoms with Gasteiger partial charge in [-0.25, -0.2) is 4.98 Å². The summed E-state index contributed by atoms with van der Waals surface area (Å²) in [7, 11) is 0. The smallest absolute Gasteiger partial charge is 0.294 e. The first-order chi connectivity index (χ1) is 13.0. The molecule has 2 aromatic rings. The van der Waals surface area contributed by atoms with Crippen molar-refractivity contribution < 1.29 is 4.79 Å². The third-order valence-corrected chi connectivity index (χ3v) is 5.67. The number of hydrogen-bond donors (Lipinski definition) is 0. The van der Waals surface area contributed by atoms with Crippen LogP contribution >= 0.6 is 0 Å². The van der Waals surface area contributed by atoms with Crippen molar-refractivity contribution in [1.29, 1.82) is 0 Å². The lowest BCUT2D eigenvalue weighted by Gasteiger charge is -2.39. The molecule has 1 fully saturated rings. The first-order valence-corrected chi connectivity index (χ1v) is 10.0. The van der Waals surface area contributed by atoms with E-state index < -0.39 is 0 Å². The molecule has 0 bridgehead atoms. The Morgan fingerprint density at radius 2 is 1.78 bits per heavy atom. The van der Waals surface area contributed by atoms with Gasteiger partial charge in [0.15, 0.2) is 5.82 Å². The summed E-state index contributed by atoms with van der Waals surface area (Å²) in [5.74, 6) is 0.435. The number of para-hydroxylation sites is 2. The number of benzene rings is 1. The van der Waals surface area contributed by atoms with Crippen LogP contribution < -0.4 is 10.5 Å². The Morgan fingerprint density at radius 1 is 1.15 bits per heavy atom. The van der Waals surface area contributed by atoms with Crippen LogP contribution in [0.4, 0.5) is 5.82 Å². The Kier molecular flexibility index (Phi) is 5.82. The van der Waals surface area contributed by atoms with Crippen molar-refractivity contribution in [2.24, 2.45) is 0 Å². The minimum Gasteiger partial charge on any atom is -0.353 e. The summed E-state index contributed by atoms with van der Waals surface area (Å²) in [6.45, 7) is 9.67. The van der Waals surface area contributed by atoms with Crippen molar-refractivity contribution in [3.63, 3.8) is 0 Å². The van der Waals surface area contributed by atoms with Crippen LogP contribution in [0.2, 0.25) is 0 Å². The second-order valence-corrected chi connectivity index (χ2v) is 7.42. The standard InChI is InChI=1S/C21H30N4O2/c1-5-23(6-2)20-21(27)24(18-13-8-7-12-17(18)22-20)14-19(26)25-15(3)10-9-11-16(25)4/h7-8,12-13,15-16H,5-6,9-11,14H2,1-4H3/t15-,16-/m0/s1. The van der Waals surface area contributed by atoms with Crippen molar-refractivity contribution >= 4 is 22.8 Å². The van der Waals surface area contributed by atoms with E-state index in [1.165, 1.54) is 0 Å². The molecule has 1 aliphatic rings. The Morgan fingerprint density at radius 3 is 2.41 bits per heavy atom. The molecule has 2 atom stereocenters. The molecule has 0 radical (unpaired) electrons. The first kappa shape index (κ1) is 19.4. The first-order valence-electron chi connectivity index (χ1n) is 10.0. The molecule has 2 heterocycles. The van der Waals surface area contributed by atoms with E-state index in [4.69, 9.17) is 0 Å². The number of fused-ring (bicyclic) bond motifs is 1. The van der Waals surface area contributed by atoms with E-state index in [9.17, 15) is 9.59 Å². The maximum atomic E-state index is 13.2. The number of hydrogen-bond acceptors (Lipinski definition) is 4. The third kappa shape index (κ3) is 3.70. The zero-order valence-electron chi connectivity index (χ0n) is 16.8. The van der Waals surface area contributed by atoms with E-state index in [2.05, 4.69) is 18.8 Å². The summed E-state index contributed by atoms with van der Waals surface area (Å²) in [5, 5.41) is 0. The van der Waals surface area contributed by atoms with Gasteiger partial charge in [0.25, 0.3) is 5.56 Å². The SMILES string of the molecule is CCN(CC)c1nc2ccccc2n(CC(=O)N2[C@@H](C)CCC[C@@H]2C)c1=O. The predicted octanol–water partition coefficient (Wildman–Crippen LogP) is 3.03. The zero-order chi connectivity index (χ0) is 19.6. The normalized spacial score (nSPS) is 20.1. The van der Waals surface area contributed by atoms with Crippen molar-refractivity contribution in [2.45, 2.75) is 65.6 Å². The largest absolute Gasteiger partial charge is 0.353 e. The van der Waals surface area contributed by atoms with Crippen LogP contribution in [0.15, 0.2) is 29.1 Å². The topological polar surface area (TPSA) is 58.4 Å². The van der Waals surface area contributed by atoms with Gasteiger partial charge < -0.3 is 9.80 Å². The van der Waals surface area contributed by atoms with E-state index in [0.29, 0.717) is 24.4 Å². The van der Waals surface area contributed by atoms with E-state index in [-0.39, 0.29) is 30.1 Å². The number of piperidine rings is 1. The minimum atomic E-state index is -0.192. The number of likely N-dealkylation sites (tertiary alicyclic amines) is 1. The summed E-state index contributed by atoms with van der Waals surface area (Å²) in [6.07, 6.45) is 3.19. The van der Waals surface area contributed by atoms with Gasteiger partial charge in [-0.1, -0.05) is 12.1 Å². The highest BCUT2D eigenvalue weighted by atomic mass is 16.2. The lowest BCUT2D eigenvalue weighted by Crippen LogP contribution is -2.49. The lowest BCUT2D eigenvalue weighted by atomic mass is 9.97. The predicted molar refractivity (Wildman–Crippen MR) is 109 cm³/mol. The highest BCUT2D eigenvalue weighted by molar-refractivity contribution is 5.81. The minimum absolute atomic E-state index is 0.0126. The molecule has 27 heavy (non-hydrogen) atoms. The number of aromatic nitrogens is 2. The number of anilines is 1. The van der Waals surface area contributed by atoms with Gasteiger partial charge in [0.1, 0.15) is 6.54 Å². The Balaban J connectivity index is 2.06. The summed E-state index contributed by atoms with van der Waals surface area (Å²) in [4.78, 5) is 34.8. The van der Waals surface area contributed by atoms with E-state index >= 15 is 0 Å². The van der Waals surface area contributed by atoms with Gasteiger partial charge in [-0.05, 0) is 59.1 Å². The van der Waals surface area contributed by atoms with Gasteiger partial charge in [0.05, 0.1) is 11.0 Å². The van der Waals surface area contributed by atoms with Crippen molar-refractivity contribution in [3.8, 4) is 0 Å². The quantitative estimate of drug-likeness (QED) is 0.812. The number of carbonyl (C=O) groups is 1. The molecule has 0 saturated carbocycles. The van der Waals surface area contributed by atoms with Gasteiger partial charge in [0.2, 0.25) is 5.91 Å². The molecule has 6 nitrogen and oxygen atoms in total. The van der Waals surface area contributed by atoms with Gasteiger partial charge in [-0.15, -0.1) is 0 Å². The van der Waals surface area contributed by atoms with Crippen LogP contribution in [-0.2, 0) is 11.3 Å². The number of amides is 1. The maximum Gasteiger partial charge on any atom is 0.294 e. The summed E-state index contributed by atoms with van der Waals surface area (Å²) < 4.78 is 1.60. The van der Waals surface area contributed by atoms with E-state index in [1.807, 2.05) is 47.9 Å². The molecule has 3 rings (SSSR count). The fourth-order valence-electron chi connectivity index (χ4n) is 4.19. The van der Waals surface area contributed by atoms with Crippen LogP contribution in [0.3, 0.4) is 0 Å². The van der Waals surface area contributed by atoms with Gasteiger partial charge in [-0.2, -0.15) is 0 Å². The molecule has 1 aromatic carbocycles. The van der Waals surface area contributed by atoms with Gasteiger partial charge >= 0.3 is 0 Å². The van der Waals surface area contributed by atoms with Crippen molar-refractivity contribution in [3.05, 3.63) is 34.6 Å². The second-order valence-electron chi connectivity index (χ2n) is 7.42. The number of nitrogens with zero attached hydrogens (tertiary/aromatic N) is 4. The average molecular weight is 370 g/mol. The zero-order valence-corrected chi connectivity index (χ0v) is 16.8. The van der Waals surface area contributed by atoms with Crippen LogP contribution in [0.1, 0.15) is 47.0 Å². The summed E-state index contributed by atoms with van der Waals surface area (Å²) in [6, 6.07) is 7.99. The molecule has 6 heteroatoms. The van der Waals surface area contributed by atoms with Crippen molar-refractivity contribution in [2.75, 3.05) is 18.0 Å². The van der Waals surface area contributed by atoms with E-state index in [0.717, 1.165) is 24.8 Å². The maximum absolute atomic E-state index is 13.2.